The molecule has 4 heterocycles. The second-order valence-electron chi connectivity index (χ2n) is 9.18. The number of fused-ring (bicyclic) bond motifs is 3. The van der Waals surface area contributed by atoms with Crippen LogP contribution >= 0.6 is 0 Å². The number of carbonyl (C=O) groups excluding carboxylic acids is 1. The fourth-order valence-electron chi connectivity index (χ4n) is 5.09. The lowest BCUT2D eigenvalue weighted by molar-refractivity contribution is -0.157. The van der Waals surface area contributed by atoms with Crippen LogP contribution in [0.5, 0.6) is 11.8 Å². The molecule has 0 spiro atoms. The van der Waals surface area contributed by atoms with E-state index >= 15 is 0 Å². The molecule has 9 heteroatoms. The number of aromatic nitrogens is 4. The highest BCUT2D eigenvalue weighted by molar-refractivity contribution is 5.83. The third-order valence-corrected chi connectivity index (χ3v) is 6.63. The molecular weight excluding hydrogens is 422 g/mol. The van der Waals surface area contributed by atoms with Crippen molar-refractivity contribution in [2.45, 2.75) is 33.3 Å². The summed E-state index contributed by atoms with van der Waals surface area (Å²) in [6.45, 7) is 7.55. The van der Waals surface area contributed by atoms with Gasteiger partial charge in [-0.25, -0.2) is 4.68 Å². The monoisotopic (exact) mass is 451 g/mol. The van der Waals surface area contributed by atoms with Crippen LogP contribution in [0, 0.1) is 24.7 Å². The number of methoxy groups -OCH3 is 2. The minimum absolute atomic E-state index is 0.00729. The van der Waals surface area contributed by atoms with Gasteiger partial charge in [-0.15, -0.1) is 0 Å². The Labute approximate surface area is 192 Å². The summed E-state index contributed by atoms with van der Waals surface area (Å²) in [5.41, 5.74) is 1.96. The summed E-state index contributed by atoms with van der Waals surface area (Å²) < 4.78 is 18.2. The van der Waals surface area contributed by atoms with Crippen LogP contribution in [0.15, 0.2) is 24.4 Å². The number of benzene rings is 1. The lowest BCUT2D eigenvalue weighted by Crippen LogP contribution is -2.58. The summed E-state index contributed by atoms with van der Waals surface area (Å²) in [5, 5.41) is 5.60. The highest BCUT2D eigenvalue weighted by Gasteiger charge is 2.51. The van der Waals surface area contributed by atoms with Crippen molar-refractivity contribution in [3.63, 3.8) is 0 Å². The molecule has 3 aliphatic rings. The molecule has 174 valence electrons. The molecule has 1 aliphatic carbocycles. The topological polar surface area (TPSA) is 91.6 Å². The lowest BCUT2D eigenvalue weighted by atomic mass is 9.61. The van der Waals surface area contributed by atoms with Crippen molar-refractivity contribution in [1.82, 2.24) is 19.7 Å². The molecule has 2 aromatic heterocycles. The number of esters is 1. The maximum atomic E-state index is 12.1. The summed E-state index contributed by atoms with van der Waals surface area (Å²) in [6, 6.07) is 6.28. The molecule has 0 amide bonds. The second-order valence-corrected chi connectivity index (χ2v) is 9.18. The van der Waals surface area contributed by atoms with E-state index in [-0.39, 0.29) is 35.8 Å². The van der Waals surface area contributed by atoms with Crippen molar-refractivity contribution in [1.29, 1.82) is 0 Å². The number of carbonyl (C=O) groups is 1. The van der Waals surface area contributed by atoms with E-state index in [9.17, 15) is 4.79 Å². The van der Waals surface area contributed by atoms with Crippen LogP contribution in [-0.2, 0) is 9.53 Å². The van der Waals surface area contributed by atoms with E-state index in [0.29, 0.717) is 5.82 Å². The molecule has 1 saturated carbocycles. The molecule has 2 atom stereocenters. The Balaban J connectivity index is 1.50. The van der Waals surface area contributed by atoms with Gasteiger partial charge in [0.25, 0.3) is 0 Å². The SMILES string of the molecule is COC(=O)C1C2CC1CN(c1cc(-n3ncc4cc(C)c(OC(C)C)cc43)nc(OC)n1)C2. The predicted molar refractivity (Wildman–Crippen MR) is 123 cm³/mol. The van der Waals surface area contributed by atoms with E-state index in [1.54, 1.807) is 11.8 Å². The van der Waals surface area contributed by atoms with E-state index in [1.807, 2.05) is 39.1 Å². The lowest BCUT2D eigenvalue weighted by Gasteiger charge is -2.52. The average Bonchev–Trinajstić information content (AvgIpc) is 3.21. The zero-order valence-electron chi connectivity index (χ0n) is 19.6. The Morgan fingerprint density at radius 2 is 1.82 bits per heavy atom. The first-order valence-electron chi connectivity index (χ1n) is 11.3. The average molecular weight is 452 g/mol. The Bertz CT molecular complexity index is 1200. The summed E-state index contributed by atoms with van der Waals surface area (Å²) >= 11 is 0. The number of anilines is 1. The Morgan fingerprint density at radius 3 is 2.48 bits per heavy atom. The maximum absolute atomic E-state index is 12.1. The highest BCUT2D eigenvalue weighted by atomic mass is 16.5. The predicted octanol–water partition coefficient (Wildman–Crippen LogP) is 3.17. The summed E-state index contributed by atoms with van der Waals surface area (Å²) in [4.78, 5) is 23.5. The summed E-state index contributed by atoms with van der Waals surface area (Å²) in [5.74, 6) is 2.67. The van der Waals surface area contributed by atoms with Gasteiger partial charge < -0.3 is 19.1 Å². The van der Waals surface area contributed by atoms with Gasteiger partial charge in [-0.3, -0.25) is 4.79 Å². The molecule has 3 aromatic rings. The zero-order chi connectivity index (χ0) is 23.3. The molecule has 2 saturated heterocycles. The van der Waals surface area contributed by atoms with Crippen LogP contribution < -0.4 is 14.4 Å². The molecule has 2 aliphatic heterocycles. The van der Waals surface area contributed by atoms with Crippen molar-refractivity contribution >= 4 is 22.7 Å². The van der Waals surface area contributed by atoms with Crippen molar-refractivity contribution < 1.29 is 19.0 Å². The number of hydrogen-bond donors (Lipinski definition) is 0. The molecule has 2 bridgehead atoms. The first-order chi connectivity index (χ1) is 15.9. The smallest absolute Gasteiger partial charge is 0.320 e. The number of nitrogens with zero attached hydrogens (tertiary/aromatic N) is 5. The van der Waals surface area contributed by atoms with E-state index in [4.69, 9.17) is 14.2 Å². The highest BCUT2D eigenvalue weighted by Crippen LogP contribution is 2.47. The zero-order valence-corrected chi connectivity index (χ0v) is 19.6. The molecule has 33 heavy (non-hydrogen) atoms. The first kappa shape index (κ1) is 21.5. The Hall–Kier alpha value is -3.36. The molecule has 1 aromatic carbocycles. The van der Waals surface area contributed by atoms with Crippen molar-refractivity contribution in [3.8, 4) is 17.6 Å². The normalized spacial score (nSPS) is 21.8. The van der Waals surface area contributed by atoms with Crippen molar-refractivity contribution in [2.75, 3.05) is 32.2 Å². The number of aryl methyl sites for hydroxylation is 1. The minimum Gasteiger partial charge on any atom is -0.491 e. The second kappa shape index (κ2) is 8.20. The van der Waals surface area contributed by atoms with E-state index in [1.165, 1.54) is 7.11 Å². The number of hydrogen-bond acceptors (Lipinski definition) is 8. The van der Waals surface area contributed by atoms with Gasteiger partial charge in [-0.1, -0.05) is 0 Å². The number of piperidine rings is 2. The maximum Gasteiger partial charge on any atom is 0.320 e. The number of rotatable bonds is 6. The van der Waals surface area contributed by atoms with Crippen LogP contribution in [0.3, 0.4) is 0 Å². The summed E-state index contributed by atoms with van der Waals surface area (Å²) in [6.07, 6.45) is 2.95. The molecule has 3 fully saturated rings. The van der Waals surface area contributed by atoms with Gasteiger partial charge in [0.05, 0.1) is 38.0 Å². The van der Waals surface area contributed by atoms with E-state index in [2.05, 4.69) is 26.0 Å². The quantitative estimate of drug-likeness (QED) is 0.528. The third-order valence-electron chi connectivity index (χ3n) is 6.63. The molecular formula is C24H29N5O4. The largest absolute Gasteiger partial charge is 0.491 e. The van der Waals surface area contributed by atoms with Crippen LogP contribution in [-0.4, -0.2) is 59.1 Å². The third kappa shape index (κ3) is 3.75. The van der Waals surface area contributed by atoms with E-state index < -0.39 is 0 Å². The van der Waals surface area contributed by atoms with E-state index in [0.717, 1.165) is 47.5 Å². The van der Waals surface area contributed by atoms with Crippen molar-refractivity contribution in [2.24, 2.45) is 17.8 Å². The molecule has 6 rings (SSSR count). The van der Waals surface area contributed by atoms with Gasteiger partial charge in [0, 0.05) is 30.6 Å². The Morgan fingerprint density at radius 1 is 1.09 bits per heavy atom. The van der Waals surface area contributed by atoms with Crippen LogP contribution in [0.4, 0.5) is 5.82 Å². The fraction of sp³-hybridized carbons (Fsp3) is 0.500. The van der Waals surface area contributed by atoms with Crippen LogP contribution in [0.1, 0.15) is 25.8 Å². The number of ether oxygens (including phenoxy) is 3. The molecule has 0 N–H and O–H groups in total. The van der Waals surface area contributed by atoms with Gasteiger partial charge >= 0.3 is 12.0 Å². The molecule has 9 nitrogen and oxygen atoms in total. The van der Waals surface area contributed by atoms with Gasteiger partial charge in [0.15, 0.2) is 5.82 Å². The van der Waals surface area contributed by atoms with Crippen LogP contribution in [0.2, 0.25) is 0 Å². The first-order valence-corrected chi connectivity index (χ1v) is 11.3. The van der Waals surface area contributed by atoms with Gasteiger partial charge in [0.2, 0.25) is 0 Å². The fourth-order valence-corrected chi connectivity index (χ4v) is 5.09. The van der Waals surface area contributed by atoms with Gasteiger partial charge in [0.1, 0.15) is 11.6 Å². The van der Waals surface area contributed by atoms with Gasteiger partial charge in [-0.2, -0.15) is 15.1 Å². The standard InChI is InChI=1S/C24H29N5O4/c1-13(2)33-19-8-18-15(6-14(19)3)10-25-29(18)21-9-20(26-24(27-21)32-5)28-11-16-7-17(12-28)22(16)23(30)31-4/h6,8-10,13,16-17,22H,7,11-12H2,1-5H3. The minimum atomic E-state index is -0.102. The summed E-state index contributed by atoms with van der Waals surface area (Å²) in [7, 11) is 3.02. The Kier molecular flexibility index (Phi) is 5.34. The van der Waals surface area contributed by atoms with Crippen LogP contribution in [0.25, 0.3) is 16.7 Å². The molecule has 2 unspecified atom stereocenters. The van der Waals surface area contributed by atoms with Gasteiger partial charge in [-0.05, 0) is 50.7 Å². The molecule has 0 radical (unpaired) electrons. The van der Waals surface area contributed by atoms with Crippen molar-refractivity contribution in [3.05, 3.63) is 30.0 Å².